The molecule has 0 radical (unpaired) electrons. The van der Waals surface area contributed by atoms with Crippen LogP contribution in [0.1, 0.15) is 72.1 Å². The highest BCUT2D eigenvalue weighted by molar-refractivity contribution is 7.89. The largest absolute Gasteiger partial charge is 0.480 e. The first kappa shape index (κ1) is 59.1. The van der Waals surface area contributed by atoms with Crippen LogP contribution in [0.2, 0.25) is 0 Å². The number of carbonyl (C=O) groups is 7. The Labute approximate surface area is 401 Å². The van der Waals surface area contributed by atoms with E-state index in [0.29, 0.717) is 19.3 Å². The van der Waals surface area contributed by atoms with Crippen LogP contribution in [0, 0.1) is 0 Å². The van der Waals surface area contributed by atoms with E-state index in [2.05, 4.69) is 25.1 Å². The van der Waals surface area contributed by atoms with Crippen LogP contribution < -0.4 is 33.6 Å². The number of hydrogen-bond donors (Lipinski definition) is 7. The number of nitrogens with two attached hydrogens (primary N) is 4. The molecule has 2 fully saturated rings. The Morgan fingerprint density at radius 1 is 0.739 bits per heavy atom. The number of benzene rings is 2. The quantitative estimate of drug-likeness (QED) is 0.0366. The Hall–Kier alpha value is -6.06. The van der Waals surface area contributed by atoms with Crippen molar-refractivity contribution in [3.8, 4) is 0 Å². The van der Waals surface area contributed by atoms with Gasteiger partial charge in [-0.1, -0.05) is 36.4 Å². The number of nitrogens with zero attached hydrogens (tertiary/aromatic N) is 3. The predicted octanol–water partition coefficient (Wildman–Crippen LogP) is -0.903. The lowest BCUT2D eigenvalue weighted by molar-refractivity contribution is -0.155. The van der Waals surface area contributed by atoms with Crippen molar-refractivity contribution in [1.82, 2.24) is 19.2 Å². The number of carboxylic acid groups (broad SMARTS) is 1. The van der Waals surface area contributed by atoms with Gasteiger partial charge in [0.15, 0.2) is 11.7 Å². The number of guanidine groups is 1. The molecule has 0 unspecified atom stereocenters. The number of methoxy groups -OCH3 is 2. The number of ketones is 1. The van der Waals surface area contributed by atoms with E-state index >= 15 is 0 Å². The van der Waals surface area contributed by atoms with E-state index in [1.54, 1.807) is 57.2 Å². The Morgan fingerprint density at radius 3 is 1.58 bits per heavy atom. The molecule has 0 aromatic heterocycles. The molecule has 2 saturated heterocycles. The summed E-state index contributed by atoms with van der Waals surface area (Å²) in [5.41, 5.74) is 20.7. The normalized spacial score (nSPS) is 17.4. The van der Waals surface area contributed by atoms with Gasteiger partial charge < -0.3 is 52.9 Å². The fourth-order valence-corrected chi connectivity index (χ4v) is 10.0. The second-order valence-corrected chi connectivity index (χ2v) is 20.2. The standard InChI is InChI=1S/C18H25N5O6S.C15H21N3O5S.C10H19NO4/c19-18(20)21-11-12(24)8-9-14(17(26)27)22-16(25)15-7-4-10-23(15)30(28,29)13-5-2-1-3-6-13;1-23-15(20)12(10-16)17-14(19)13-8-5-9-18(13)24(21,22)11-6-3-2-4-7-11;1-10(2,3)15-8(12)6-5-7(11)9(13)14-4/h1-3,5-6,14-15H,4,7-11H2,(H,22,25)(H,26,27)(H4,19,20,21);2-4,6-7,12-13H,5,8-10,16H2,1H3,(H,17,19);7H,5-6,11H2,1-4H3/t14-,15-;12-,13-;7-/m000/s1. The first-order valence-corrected chi connectivity index (χ1v) is 24.6. The van der Waals surface area contributed by atoms with Crippen LogP contribution in [-0.2, 0) is 67.8 Å². The molecule has 2 aliphatic rings. The van der Waals surface area contributed by atoms with E-state index in [-0.39, 0.29) is 80.0 Å². The predicted molar refractivity (Wildman–Crippen MR) is 249 cm³/mol. The lowest BCUT2D eigenvalue weighted by Gasteiger charge is -2.25. The zero-order valence-electron chi connectivity index (χ0n) is 39.3. The molecule has 2 amide bonds. The van der Waals surface area contributed by atoms with Gasteiger partial charge in [0, 0.05) is 32.5 Å². The number of carbonyl (C=O) groups excluding carboxylic acids is 6. The number of ether oxygens (including phenoxy) is 3. The average Bonchev–Trinajstić information content (AvgIpc) is 4.03. The number of carboxylic acids is 1. The van der Waals surface area contributed by atoms with Crippen molar-refractivity contribution in [2.75, 3.05) is 40.4 Å². The second kappa shape index (κ2) is 27.8. The van der Waals surface area contributed by atoms with Gasteiger partial charge in [-0.2, -0.15) is 8.61 Å². The molecular weight excluding hydrogens is 947 g/mol. The summed E-state index contributed by atoms with van der Waals surface area (Å²) in [6.07, 6.45) is 1.72. The highest BCUT2D eigenvalue weighted by Gasteiger charge is 2.42. The number of amides is 2. The van der Waals surface area contributed by atoms with Crippen LogP contribution in [0.25, 0.3) is 0 Å². The third-order valence-corrected chi connectivity index (χ3v) is 13.9. The number of aliphatic carboxylic acids is 1. The monoisotopic (exact) mass is 1010 g/mol. The molecule has 11 N–H and O–H groups in total. The van der Waals surface area contributed by atoms with Crippen LogP contribution in [0.4, 0.5) is 0 Å². The molecule has 0 aliphatic carbocycles. The summed E-state index contributed by atoms with van der Waals surface area (Å²) in [4.78, 5) is 85.8. The van der Waals surface area contributed by atoms with E-state index in [0.717, 1.165) is 4.31 Å². The Kier molecular flexibility index (Phi) is 23.8. The minimum absolute atomic E-state index is 0.0600. The third-order valence-electron chi connectivity index (χ3n) is 10.1. The van der Waals surface area contributed by atoms with Gasteiger partial charge in [-0.15, -0.1) is 0 Å². The molecule has 24 nitrogen and oxygen atoms in total. The molecule has 26 heteroatoms. The maximum Gasteiger partial charge on any atom is 0.329 e. The second-order valence-electron chi connectivity index (χ2n) is 16.5. The fraction of sp³-hybridized carbons (Fsp3) is 0.535. The molecule has 69 heavy (non-hydrogen) atoms. The van der Waals surface area contributed by atoms with E-state index in [1.165, 1.54) is 42.8 Å². The zero-order chi connectivity index (χ0) is 52.1. The SMILES string of the molecule is COC(=O)[C@@H](N)CCC(=O)OC(C)(C)C.COC(=O)[C@H](CN)NC(=O)[C@@H]1CCCN1S(=O)(=O)c1ccccc1.NC(N)=NCC(=O)CC[C@H](NC(=O)[C@@H]1CCCN1S(=O)(=O)c1ccccc1)C(=O)O. The van der Waals surface area contributed by atoms with Crippen molar-refractivity contribution in [2.45, 2.75) is 118 Å². The number of hydrogen-bond acceptors (Lipinski definition) is 17. The summed E-state index contributed by atoms with van der Waals surface area (Å²) >= 11 is 0. The van der Waals surface area contributed by atoms with E-state index in [4.69, 9.17) is 27.7 Å². The van der Waals surface area contributed by atoms with Gasteiger partial charge >= 0.3 is 23.9 Å². The number of Topliss-reactive ketones (excluding diaryl/α,β-unsaturated/α-hetero) is 1. The van der Waals surface area contributed by atoms with Gasteiger partial charge in [-0.25, -0.2) is 31.4 Å². The summed E-state index contributed by atoms with van der Waals surface area (Å²) in [7, 11) is -5.22. The molecule has 0 saturated carbocycles. The molecule has 2 aromatic rings. The van der Waals surface area contributed by atoms with E-state index in [9.17, 15) is 55.5 Å². The minimum Gasteiger partial charge on any atom is -0.480 e. The van der Waals surface area contributed by atoms with Gasteiger partial charge in [0.2, 0.25) is 31.9 Å². The molecular formula is C43H65N9O15S2. The molecule has 0 spiro atoms. The average molecular weight is 1010 g/mol. The van der Waals surface area contributed by atoms with Crippen molar-refractivity contribution in [1.29, 1.82) is 0 Å². The van der Waals surface area contributed by atoms with Crippen LogP contribution in [-0.4, -0.2) is 154 Å². The third kappa shape index (κ3) is 19.1. The van der Waals surface area contributed by atoms with Crippen LogP contribution >= 0.6 is 0 Å². The van der Waals surface area contributed by atoms with Crippen LogP contribution in [0.5, 0.6) is 0 Å². The van der Waals surface area contributed by atoms with Crippen molar-refractivity contribution in [3.05, 3.63) is 60.7 Å². The fourth-order valence-electron chi connectivity index (χ4n) is 6.68. The van der Waals surface area contributed by atoms with Crippen molar-refractivity contribution < 1.29 is 69.7 Å². The van der Waals surface area contributed by atoms with Crippen LogP contribution in [0.15, 0.2) is 75.4 Å². The lowest BCUT2D eigenvalue weighted by atomic mass is 10.1. The molecule has 2 heterocycles. The molecule has 2 aromatic carbocycles. The van der Waals surface area contributed by atoms with Crippen molar-refractivity contribution in [3.63, 3.8) is 0 Å². The molecule has 4 rings (SSSR count). The zero-order valence-corrected chi connectivity index (χ0v) is 40.9. The maximum atomic E-state index is 12.9. The number of nitrogens with one attached hydrogen (secondary N) is 2. The molecule has 2 aliphatic heterocycles. The number of esters is 3. The summed E-state index contributed by atoms with van der Waals surface area (Å²) < 4.78 is 67.5. The number of sulfonamides is 2. The summed E-state index contributed by atoms with van der Waals surface area (Å²) in [5, 5.41) is 14.2. The van der Waals surface area contributed by atoms with Crippen molar-refractivity contribution >= 4 is 67.5 Å². The van der Waals surface area contributed by atoms with E-state index < -0.39 is 91.4 Å². The smallest absolute Gasteiger partial charge is 0.329 e. The van der Waals surface area contributed by atoms with Crippen LogP contribution in [0.3, 0.4) is 0 Å². The Balaban J connectivity index is 0.000000376. The summed E-state index contributed by atoms with van der Waals surface area (Å²) in [5.74, 6) is -4.77. The molecule has 384 valence electrons. The van der Waals surface area contributed by atoms with Crippen molar-refractivity contribution in [2.24, 2.45) is 27.9 Å². The highest BCUT2D eigenvalue weighted by atomic mass is 32.2. The maximum absolute atomic E-state index is 12.9. The molecule has 0 bridgehead atoms. The van der Waals surface area contributed by atoms with Gasteiger partial charge in [0.1, 0.15) is 42.4 Å². The number of rotatable bonds is 20. The highest BCUT2D eigenvalue weighted by Crippen LogP contribution is 2.28. The summed E-state index contributed by atoms with van der Waals surface area (Å²) in [6.45, 7) is 5.34. The molecule has 5 atom stereocenters. The Bertz CT molecular complexity index is 2310. The van der Waals surface area contributed by atoms with E-state index in [1.807, 2.05) is 0 Å². The van der Waals surface area contributed by atoms with Gasteiger partial charge in [-0.05, 0) is 83.6 Å². The first-order chi connectivity index (χ1) is 32.3. The summed E-state index contributed by atoms with van der Waals surface area (Å²) in [6, 6.07) is 10.7. The topological polar surface area (TPSA) is 383 Å². The minimum atomic E-state index is -3.90. The van der Waals surface area contributed by atoms with Gasteiger partial charge in [0.05, 0.1) is 24.0 Å². The number of aliphatic imine (C=N–C) groups is 1. The lowest BCUT2D eigenvalue weighted by Crippen LogP contribution is -2.53. The first-order valence-electron chi connectivity index (χ1n) is 21.7. The van der Waals surface area contributed by atoms with Gasteiger partial charge in [-0.3, -0.25) is 24.0 Å². The van der Waals surface area contributed by atoms with Gasteiger partial charge in [0.25, 0.3) is 0 Å². The Morgan fingerprint density at radius 2 is 1.19 bits per heavy atom.